The van der Waals surface area contributed by atoms with Crippen LogP contribution in [0.2, 0.25) is 0 Å². The second-order valence-corrected chi connectivity index (χ2v) is 7.34. The molecule has 0 aromatic heterocycles. The monoisotopic (exact) mass is 342 g/mol. The van der Waals surface area contributed by atoms with Crippen LogP contribution < -0.4 is 10.6 Å². The largest absolute Gasteiger partial charge is 0.326 e. The lowest BCUT2D eigenvalue weighted by molar-refractivity contribution is -0.120. The number of amides is 1. The third-order valence-electron chi connectivity index (χ3n) is 4.08. The van der Waals surface area contributed by atoms with Gasteiger partial charge in [0.15, 0.2) is 0 Å². The molecule has 1 saturated heterocycles. The van der Waals surface area contributed by atoms with E-state index in [9.17, 15) is 4.79 Å². The predicted octanol–water partition coefficient (Wildman–Crippen LogP) is 4.25. The highest BCUT2D eigenvalue weighted by Gasteiger charge is 2.21. The van der Waals surface area contributed by atoms with Crippen LogP contribution in [-0.4, -0.2) is 24.2 Å². The van der Waals surface area contributed by atoms with Gasteiger partial charge in [-0.05, 0) is 63.0 Å². The molecule has 22 heavy (non-hydrogen) atoms. The molecule has 0 saturated carbocycles. The van der Waals surface area contributed by atoms with E-state index in [1.165, 1.54) is 4.90 Å². The Labute approximate surface area is 144 Å². The summed E-state index contributed by atoms with van der Waals surface area (Å²) in [7, 11) is 0. The Morgan fingerprint density at radius 3 is 2.68 bits per heavy atom. The summed E-state index contributed by atoms with van der Waals surface area (Å²) in [6.45, 7) is 8.41. The summed E-state index contributed by atoms with van der Waals surface area (Å²) >= 11 is 1.89. The molecule has 1 aliphatic heterocycles. The molecule has 1 heterocycles. The lowest BCUT2D eigenvalue weighted by atomic mass is 9.97. The quantitative estimate of drug-likeness (QED) is 0.786. The van der Waals surface area contributed by atoms with E-state index >= 15 is 0 Å². The summed E-state index contributed by atoms with van der Waals surface area (Å²) < 4.78 is 0. The van der Waals surface area contributed by atoms with Crippen LogP contribution in [0.5, 0.6) is 0 Å². The van der Waals surface area contributed by atoms with E-state index in [1.54, 1.807) is 0 Å². The fraction of sp³-hybridized carbons (Fsp3) is 0.588. The van der Waals surface area contributed by atoms with Gasteiger partial charge in [-0.3, -0.25) is 4.79 Å². The van der Waals surface area contributed by atoms with E-state index in [0.717, 1.165) is 43.6 Å². The van der Waals surface area contributed by atoms with Gasteiger partial charge < -0.3 is 10.6 Å². The minimum Gasteiger partial charge on any atom is -0.326 e. The number of piperidine rings is 1. The molecule has 0 spiro atoms. The molecule has 1 atom stereocenters. The number of carbonyl (C=O) groups is 1. The summed E-state index contributed by atoms with van der Waals surface area (Å²) in [6, 6.07) is 6.33. The van der Waals surface area contributed by atoms with Crippen molar-refractivity contribution in [3.05, 3.63) is 23.8 Å². The van der Waals surface area contributed by atoms with Crippen LogP contribution in [0.1, 0.15) is 38.7 Å². The first kappa shape index (κ1) is 19.3. The first-order valence-electron chi connectivity index (χ1n) is 7.89. The number of thioether (sulfide) groups is 1. The summed E-state index contributed by atoms with van der Waals surface area (Å²) in [6.07, 6.45) is 3.04. The smallest absolute Gasteiger partial charge is 0.227 e. The number of halogens is 1. The van der Waals surface area contributed by atoms with E-state index in [4.69, 9.17) is 0 Å². The standard InChI is InChI=1S/C17H26N2OS.ClH/c1-4-13(3)21-15-5-6-16(12(2)11-15)19-17(20)14-7-9-18-10-8-14;/h5-6,11,13-14,18H,4,7-10H2,1-3H3,(H,19,20);1H. The average Bonchev–Trinajstić information content (AvgIpc) is 2.50. The second kappa shape index (κ2) is 9.43. The van der Waals surface area contributed by atoms with E-state index < -0.39 is 0 Å². The van der Waals surface area contributed by atoms with E-state index in [0.29, 0.717) is 5.25 Å². The fourth-order valence-electron chi connectivity index (χ4n) is 2.48. The Balaban J connectivity index is 0.00000242. The number of carbonyl (C=O) groups excluding carboxylic acids is 1. The molecule has 1 fully saturated rings. The fourth-order valence-corrected chi connectivity index (χ4v) is 3.51. The van der Waals surface area contributed by atoms with E-state index in [-0.39, 0.29) is 24.2 Å². The summed E-state index contributed by atoms with van der Waals surface area (Å²) in [5, 5.41) is 7.02. The molecule has 1 aliphatic rings. The lowest BCUT2D eigenvalue weighted by Gasteiger charge is -2.22. The highest BCUT2D eigenvalue weighted by molar-refractivity contribution is 7.99. The topological polar surface area (TPSA) is 41.1 Å². The zero-order valence-electron chi connectivity index (χ0n) is 13.6. The molecule has 5 heteroatoms. The highest BCUT2D eigenvalue weighted by atomic mass is 35.5. The number of anilines is 1. The summed E-state index contributed by atoms with van der Waals surface area (Å²) in [5.41, 5.74) is 2.10. The molecule has 2 N–H and O–H groups in total. The normalized spacial score (nSPS) is 16.7. The predicted molar refractivity (Wildman–Crippen MR) is 98.3 cm³/mol. The van der Waals surface area contributed by atoms with Crippen molar-refractivity contribution in [3.63, 3.8) is 0 Å². The Morgan fingerprint density at radius 2 is 2.09 bits per heavy atom. The summed E-state index contributed by atoms with van der Waals surface area (Å²) in [4.78, 5) is 13.6. The molecule has 0 aliphatic carbocycles. The third-order valence-corrected chi connectivity index (χ3v) is 5.34. The number of nitrogens with one attached hydrogen (secondary N) is 2. The van der Waals surface area contributed by atoms with Crippen LogP contribution in [0.3, 0.4) is 0 Å². The van der Waals surface area contributed by atoms with Gasteiger partial charge in [0.25, 0.3) is 0 Å². The molecular weight excluding hydrogens is 316 g/mol. The molecule has 0 radical (unpaired) electrons. The minimum atomic E-state index is 0. The maximum absolute atomic E-state index is 12.3. The van der Waals surface area contributed by atoms with Gasteiger partial charge in [-0.25, -0.2) is 0 Å². The van der Waals surface area contributed by atoms with Crippen LogP contribution in [0.25, 0.3) is 0 Å². The van der Waals surface area contributed by atoms with Crippen molar-refractivity contribution in [1.82, 2.24) is 5.32 Å². The number of hydrogen-bond acceptors (Lipinski definition) is 3. The lowest BCUT2D eigenvalue weighted by Crippen LogP contribution is -2.34. The van der Waals surface area contributed by atoms with Gasteiger partial charge in [0.05, 0.1) is 0 Å². The second-order valence-electron chi connectivity index (χ2n) is 5.83. The highest BCUT2D eigenvalue weighted by Crippen LogP contribution is 2.29. The van der Waals surface area contributed by atoms with Gasteiger partial charge in [-0.2, -0.15) is 0 Å². The minimum absolute atomic E-state index is 0. The van der Waals surface area contributed by atoms with Gasteiger partial charge in [0, 0.05) is 21.8 Å². The van der Waals surface area contributed by atoms with Gasteiger partial charge in [0.2, 0.25) is 5.91 Å². The Bertz CT molecular complexity index is 490. The van der Waals surface area contributed by atoms with E-state index in [1.807, 2.05) is 17.8 Å². The van der Waals surface area contributed by atoms with Crippen LogP contribution in [0.4, 0.5) is 5.69 Å². The van der Waals surface area contributed by atoms with Crippen molar-refractivity contribution >= 4 is 35.8 Å². The zero-order valence-corrected chi connectivity index (χ0v) is 15.3. The Kier molecular flexibility index (Phi) is 8.29. The molecule has 1 unspecified atom stereocenters. The van der Waals surface area contributed by atoms with Crippen molar-refractivity contribution in [3.8, 4) is 0 Å². The zero-order chi connectivity index (χ0) is 15.2. The van der Waals surface area contributed by atoms with Crippen LogP contribution in [0, 0.1) is 12.8 Å². The molecule has 124 valence electrons. The average molecular weight is 343 g/mol. The Morgan fingerprint density at radius 1 is 1.41 bits per heavy atom. The Hall–Kier alpha value is -0.710. The molecular formula is C17H27ClN2OS. The number of aryl methyl sites for hydroxylation is 1. The van der Waals surface area contributed by atoms with Crippen molar-refractivity contribution < 1.29 is 4.79 Å². The molecule has 1 amide bonds. The van der Waals surface area contributed by atoms with Gasteiger partial charge in [-0.15, -0.1) is 24.2 Å². The van der Waals surface area contributed by atoms with Gasteiger partial charge in [0.1, 0.15) is 0 Å². The number of benzene rings is 1. The molecule has 3 nitrogen and oxygen atoms in total. The van der Waals surface area contributed by atoms with Gasteiger partial charge >= 0.3 is 0 Å². The van der Waals surface area contributed by atoms with Crippen LogP contribution >= 0.6 is 24.2 Å². The first-order valence-corrected chi connectivity index (χ1v) is 8.77. The molecule has 1 aromatic carbocycles. The number of hydrogen-bond donors (Lipinski definition) is 2. The SMILES string of the molecule is CCC(C)Sc1ccc(NC(=O)C2CCNCC2)c(C)c1.Cl. The van der Waals surface area contributed by atoms with Crippen LogP contribution in [0.15, 0.2) is 23.1 Å². The van der Waals surface area contributed by atoms with E-state index in [2.05, 4.69) is 43.5 Å². The van der Waals surface area contributed by atoms with Crippen molar-refractivity contribution in [2.24, 2.45) is 5.92 Å². The molecule has 0 bridgehead atoms. The first-order chi connectivity index (χ1) is 10.1. The number of rotatable bonds is 5. The molecule has 1 aromatic rings. The maximum Gasteiger partial charge on any atom is 0.227 e. The van der Waals surface area contributed by atoms with Crippen molar-refractivity contribution in [2.75, 3.05) is 18.4 Å². The molecule has 2 rings (SSSR count). The maximum atomic E-state index is 12.3. The van der Waals surface area contributed by atoms with Crippen LogP contribution in [-0.2, 0) is 4.79 Å². The van der Waals surface area contributed by atoms with Crippen molar-refractivity contribution in [2.45, 2.75) is 50.2 Å². The van der Waals surface area contributed by atoms with Crippen molar-refractivity contribution in [1.29, 1.82) is 0 Å². The summed E-state index contributed by atoms with van der Waals surface area (Å²) in [5.74, 6) is 0.321. The third kappa shape index (κ3) is 5.49. The van der Waals surface area contributed by atoms with Gasteiger partial charge in [-0.1, -0.05) is 13.8 Å².